The smallest absolute Gasteiger partial charge is 0.163 e. The van der Waals surface area contributed by atoms with Crippen molar-refractivity contribution in [2.45, 2.75) is 12.8 Å². The normalized spacial score (nSPS) is 13.1. The Morgan fingerprint density at radius 1 is 0.938 bits per heavy atom. The van der Waals surface area contributed by atoms with Crippen LogP contribution in [0.2, 0.25) is 0 Å². The van der Waals surface area contributed by atoms with Crippen LogP contribution in [0.5, 0.6) is 5.75 Å². The van der Waals surface area contributed by atoms with Gasteiger partial charge >= 0.3 is 0 Å². The molecule has 0 fully saturated rings. The van der Waals surface area contributed by atoms with Gasteiger partial charge in [0.2, 0.25) is 0 Å². The number of nitrogens with one attached hydrogen (secondary N) is 1. The summed E-state index contributed by atoms with van der Waals surface area (Å²) in [6.45, 7) is 0.610. The number of hydrogen-bond donors (Lipinski definition) is 1. The Labute approximate surface area is 186 Å². The maximum atomic E-state index is 5.40. The number of rotatable bonds is 6. The number of fused-ring (bicyclic) bond motifs is 1. The Bertz CT molecular complexity index is 1310. The van der Waals surface area contributed by atoms with E-state index in [-0.39, 0.29) is 0 Å². The Morgan fingerprint density at radius 3 is 2.66 bits per heavy atom. The minimum Gasteiger partial charge on any atom is -0.497 e. The van der Waals surface area contributed by atoms with Crippen molar-refractivity contribution in [3.05, 3.63) is 78.8 Å². The van der Waals surface area contributed by atoms with Gasteiger partial charge < -0.3 is 10.1 Å². The largest absolute Gasteiger partial charge is 0.497 e. The number of methoxy groups -OCH3 is 1. The van der Waals surface area contributed by atoms with E-state index in [0.717, 1.165) is 57.7 Å². The first-order valence-electron chi connectivity index (χ1n) is 10.6. The first kappa shape index (κ1) is 19.9. The summed E-state index contributed by atoms with van der Waals surface area (Å²) in [4.78, 5) is 18.4. The zero-order chi connectivity index (χ0) is 21.8. The third-order valence-corrected chi connectivity index (χ3v) is 5.39. The summed E-state index contributed by atoms with van der Waals surface area (Å²) in [6.07, 6.45) is 9.68. The molecule has 0 unspecified atom stereocenters. The van der Waals surface area contributed by atoms with Gasteiger partial charge in [0, 0.05) is 29.6 Å². The van der Waals surface area contributed by atoms with Gasteiger partial charge in [-0.05, 0) is 60.4 Å². The number of nitrogens with zero attached hydrogens (tertiary/aromatic N) is 4. The summed E-state index contributed by atoms with van der Waals surface area (Å²) < 4.78 is 5.40. The average molecular weight is 422 g/mol. The number of anilines is 1. The summed E-state index contributed by atoms with van der Waals surface area (Å²) in [6, 6.07) is 18.1. The maximum absolute atomic E-state index is 5.40. The average Bonchev–Trinajstić information content (AvgIpc) is 2.88. The highest BCUT2D eigenvalue weighted by Crippen LogP contribution is 2.31. The third-order valence-electron chi connectivity index (χ3n) is 5.39. The van der Waals surface area contributed by atoms with Crippen molar-refractivity contribution < 1.29 is 4.74 Å². The maximum Gasteiger partial charge on any atom is 0.163 e. The second-order valence-corrected chi connectivity index (χ2v) is 7.54. The lowest BCUT2D eigenvalue weighted by Crippen LogP contribution is -2.08. The SMILES string of the molecule is COc1cccc(-c2ccc3nc(-c4cccnc4)nc(NCC4=CCCC=N4)c3c2)c1. The molecule has 6 nitrogen and oxygen atoms in total. The molecule has 3 heterocycles. The Morgan fingerprint density at radius 2 is 1.84 bits per heavy atom. The molecule has 2 aromatic carbocycles. The molecule has 0 bridgehead atoms. The van der Waals surface area contributed by atoms with Crippen LogP contribution in [-0.2, 0) is 0 Å². The molecule has 6 heteroatoms. The van der Waals surface area contributed by atoms with E-state index in [1.165, 1.54) is 0 Å². The standard InChI is InChI=1S/C26H23N5O/c1-32-22-9-4-6-18(14-22)19-10-11-24-23(15-19)26(29-17-21-8-2-3-13-28-21)31-25(30-24)20-7-5-12-27-16-20/h4-16H,2-3,17H2,1H3,(H,29,30,31). The van der Waals surface area contributed by atoms with Gasteiger partial charge in [-0.1, -0.05) is 24.3 Å². The van der Waals surface area contributed by atoms with Crippen molar-refractivity contribution in [3.63, 3.8) is 0 Å². The van der Waals surface area contributed by atoms with Crippen molar-refractivity contribution >= 4 is 22.9 Å². The molecule has 4 aromatic rings. The molecule has 1 aliphatic heterocycles. The minimum absolute atomic E-state index is 0.610. The highest BCUT2D eigenvalue weighted by atomic mass is 16.5. The van der Waals surface area contributed by atoms with Crippen LogP contribution in [0.1, 0.15) is 12.8 Å². The number of aliphatic imine (C=N–C) groups is 1. The molecular weight excluding hydrogens is 398 g/mol. The van der Waals surface area contributed by atoms with E-state index in [1.807, 2.05) is 42.6 Å². The van der Waals surface area contributed by atoms with E-state index in [4.69, 9.17) is 14.7 Å². The van der Waals surface area contributed by atoms with E-state index >= 15 is 0 Å². The number of pyridine rings is 1. The van der Waals surface area contributed by atoms with Crippen molar-refractivity contribution in [1.82, 2.24) is 15.0 Å². The first-order chi connectivity index (χ1) is 15.8. The zero-order valence-electron chi connectivity index (χ0n) is 17.8. The Kier molecular flexibility index (Phi) is 5.58. The lowest BCUT2D eigenvalue weighted by Gasteiger charge is -2.13. The molecule has 32 heavy (non-hydrogen) atoms. The second-order valence-electron chi connectivity index (χ2n) is 7.54. The highest BCUT2D eigenvalue weighted by Gasteiger charge is 2.12. The van der Waals surface area contributed by atoms with Crippen LogP contribution in [0.15, 0.2) is 83.8 Å². The van der Waals surface area contributed by atoms with E-state index in [2.05, 4.69) is 39.6 Å². The summed E-state index contributed by atoms with van der Waals surface area (Å²) in [5, 5.41) is 4.45. The third kappa shape index (κ3) is 4.21. The molecule has 158 valence electrons. The molecule has 0 atom stereocenters. The number of ether oxygens (including phenoxy) is 1. The molecule has 0 saturated carbocycles. The monoisotopic (exact) mass is 421 g/mol. The fourth-order valence-corrected chi connectivity index (χ4v) is 3.72. The van der Waals surface area contributed by atoms with Crippen LogP contribution in [0.3, 0.4) is 0 Å². The number of benzene rings is 2. The molecule has 0 aliphatic carbocycles. The molecule has 0 saturated heterocycles. The number of hydrogen-bond acceptors (Lipinski definition) is 6. The predicted molar refractivity (Wildman–Crippen MR) is 129 cm³/mol. The van der Waals surface area contributed by atoms with Crippen LogP contribution in [0.25, 0.3) is 33.4 Å². The quantitative estimate of drug-likeness (QED) is 0.443. The first-order valence-corrected chi connectivity index (χ1v) is 10.6. The van der Waals surface area contributed by atoms with Crippen molar-refractivity contribution in [1.29, 1.82) is 0 Å². The summed E-state index contributed by atoms with van der Waals surface area (Å²) >= 11 is 0. The van der Waals surface area contributed by atoms with Crippen molar-refractivity contribution in [2.24, 2.45) is 4.99 Å². The Hall–Kier alpha value is -4.06. The molecule has 2 aromatic heterocycles. The zero-order valence-corrected chi connectivity index (χ0v) is 17.8. The van der Waals surface area contributed by atoms with Crippen LogP contribution < -0.4 is 10.1 Å². The van der Waals surface area contributed by atoms with Gasteiger partial charge in [-0.2, -0.15) is 0 Å². The minimum atomic E-state index is 0.610. The van der Waals surface area contributed by atoms with Crippen LogP contribution in [-0.4, -0.2) is 34.8 Å². The van der Waals surface area contributed by atoms with E-state index in [1.54, 1.807) is 19.5 Å². The molecule has 0 spiro atoms. The van der Waals surface area contributed by atoms with Crippen LogP contribution >= 0.6 is 0 Å². The van der Waals surface area contributed by atoms with Gasteiger partial charge in [0.05, 0.1) is 24.9 Å². The second kappa shape index (κ2) is 8.98. The summed E-state index contributed by atoms with van der Waals surface area (Å²) in [5.74, 6) is 2.25. The summed E-state index contributed by atoms with van der Waals surface area (Å²) in [5.41, 5.74) is 4.92. The molecular formula is C26H23N5O. The van der Waals surface area contributed by atoms with Gasteiger partial charge in [-0.15, -0.1) is 0 Å². The van der Waals surface area contributed by atoms with Crippen molar-refractivity contribution in [3.8, 4) is 28.3 Å². The Balaban J connectivity index is 1.59. The predicted octanol–water partition coefficient (Wildman–Crippen LogP) is 5.53. The van der Waals surface area contributed by atoms with Gasteiger partial charge in [-0.25, -0.2) is 9.97 Å². The summed E-state index contributed by atoms with van der Waals surface area (Å²) in [7, 11) is 1.68. The fraction of sp³-hybridized carbons (Fsp3) is 0.154. The lowest BCUT2D eigenvalue weighted by atomic mass is 10.0. The molecule has 5 rings (SSSR count). The van der Waals surface area contributed by atoms with E-state index in [9.17, 15) is 0 Å². The fourth-order valence-electron chi connectivity index (χ4n) is 3.72. The van der Waals surface area contributed by atoms with Gasteiger partial charge in [0.1, 0.15) is 11.6 Å². The van der Waals surface area contributed by atoms with Crippen molar-refractivity contribution in [2.75, 3.05) is 19.0 Å². The van der Waals surface area contributed by atoms with Gasteiger partial charge in [-0.3, -0.25) is 9.98 Å². The molecule has 1 aliphatic rings. The van der Waals surface area contributed by atoms with Gasteiger partial charge in [0.15, 0.2) is 5.82 Å². The van der Waals surface area contributed by atoms with Crippen LogP contribution in [0, 0.1) is 0 Å². The number of aromatic nitrogens is 3. The van der Waals surface area contributed by atoms with E-state index in [0.29, 0.717) is 12.4 Å². The molecule has 0 amide bonds. The lowest BCUT2D eigenvalue weighted by molar-refractivity contribution is 0.415. The molecule has 0 radical (unpaired) electrons. The topological polar surface area (TPSA) is 72.3 Å². The van der Waals surface area contributed by atoms with E-state index < -0.39 is 0 Å². The van der Waals surface area contributed by atoms with Gasteiger partial charge in [0.25, 0.3) is 0 Å². The number of allylic oxidation sites excluding steroid dienone is 1. The molecule has 1 N–H and O–H groups in total. The highest BCUT2D eigenvalue weighted by molar-refractivity contribution is 5.94. The van der Waals surface area contributed by atoms with Crippen LogP contribution in [0.4, 0.5) is 5.82 Å².